The minimum absolute atomic E-state index is 0.0624. The third kappa shape index (κ3) is 4.42. The lowest BCUT2D eigenvalue weighted by molar-refractivity contribution is -0.126. The predicted molar refractivity (Wildman–Crippen MR) is 76.5 cm³/mol. The Morgan fingerprint density at radius 2 is 2.22 bits per heavy atom. The number of benzene rings is 1. The van der Waals surface area contributed by atoms with Crippen molar-refractivity contribution in [1.29, 1.82) is 0 Å². The lowest BCUT2D eigenvalue weighted by atomic mass is 10.0. The van der Waals surface area contributed by atoms with Crippen LogP contribution < -0.4 is 5.32 Å². The highest BCUT2D eigenvalue weighted by molar-refractivity contribution is 9.10. The van der Waals surface area contributed by atoms with Crippen LogP contribution in [0.1, 0.15) is 24.5 Å². The van der Waals surface area contributed by atoms with Crippen LogP contribution in [0, 0.1) is 12.8 Å². The molecule has 0 aromatic heterocycles. The van der Waals surface area contributed by atoms with Gasteiger partial charge in [0.25, 0.3) is 0 Å². The van der Waals surface area contributed by atoms with Gasteiger partial charge in [0.15, 0.2) is 0 Å². The van der Waals surface area contributed by atoms with Crippen LogP contribution in [0.5, 0.6) is 0 Å². The van der Waals surface area contributed by atoms with Crippen molar-refractivity contribution in [2.45, 2.75) is 26.7 Å². The number of hydrogen-bond donors (Lipinski definition) is 2. The number of hydrogen-bond acceptors (Lipinski definition) is 2. The van der Waals surface area contributed by atoms with E-state index in [1.165, 1.54) is 11.1 Å². The van der Waals surface area contributed by atoms with Crippen LogP contribution in [0.15, 0.2) is 22.7 Å². The molecule has 0 radical (unpaired) electrons. The number of rotatable bonds is 6. The molecule has 1 amide bonds. The number of carbonyl (C=O) groups excluding carboxylic acids is 1. The number of halogens is 1. The molecule has 0 bridgehead atoms. The Balaban J connectivity index is 2.46. The van der Waals surface area contributed by atoms with Crippen LogP contribution in [0.2, 0.25) is 0 Å². The molecule has 0 fully saturated rings. The van der Waals surface area contributed by atoms with Gasteiger partial charge in [-0.3, -0.25) is 4.79 Å². The number of amides is 1. The second-order valence-corrected chi connectivity index (χ2v) is 5.32. The topological polar surface area (TPSA) is 49.3 Å². The average Bonchev–Trinajstić information content (AvgIpc) is 2.35. The largest absolute Gasteiger partial charge is 0.396 e. The van der Waals surface area contributed by atoms with Gasteiger partial charge in [-0.05, 0) is 43.0 Å². The number of aliphatic hydroxyl groups is 1. The van der Waals surface area contributed by atoms with Crippen molar-refractivity contribution in [2.75, 3.05) is 13.2 Å². The van der Waals surface area contributed by atoms with Crippen LogP contribution >= 0.6 is 15.9 Å². The molecule has 0 saturated heterocycles. The van der Waals surface area contributed by atoms with Crippen molar-refractivity contribution in [2.24, 2.45) is 5.92 Å². The van der Waals surface area contributed by atoms with Crippen LogP contribution in [-0.4, -0.2) is 24.2 Å². The number of aryl methyl sites for hydroxylation is 1. The van der Waals surface area contributed by atoms with Gasteiger partial charge in [-0.25, -0.2) is 0 Å². The molecule has 1 atom stereocenters. The Morgan fingerprint density at radius 1 is 1.50 bits per heavy atom. The summed E-state index contributed by atoms with van der Waals surface area (Å²) >= 11 is 3.44. The van der Waals surface area contributed by atoms with Gasteiger partial charge in [0.1, 0.15) is 0 Å². The zero-order valence-corrected chi connectivity index (χ0v) is 12.5. The summed E-state index contributed by atoms with van der Waals surface area (Å²) in [6.45, 7) is 4.48. The highest BCUT2D eigenvalue weighted by Gasteiger charge is 2.14. The Labute approximate surface area is 117 Å². The molecule has 0 aliphatic heterocycles. The summed E-state index contributed by atoms with van der Waals surface area (Å²) in [5, 5.41) is 11.9. The molecule has 0 aliphatic rings. The first-order valence-electron chi connectivity index (χ1n) is 6.22. The van der Waals surface area contributed by atoms with Gasteiger partial charge in [-0.2, -0.15) is 0 Å². The summed E-state index contributed by atoms with van der Waals surface area (Å²) in [4.78, 5) is 11.7. The van der Waals surface area contributed by atoms with Gasteiger partial charge >= 0.3 is 0 Å². The van der Waals surface area contributed by atoms with Crippen LogP contribution in [0.4, 0.5) is 0 Å². The smallest absolute Gasteiger partial charge is 0.225 e. The van der Waals surface area contributed by atoms with E-state index in [1.807, 2.05) is 13.0 Å². The summed E-state index contributed by atoms with van der Waals surface area (Å²) in [6.07, 6.45) is 1.47. The average molecular weight is 314 g/mol. The summed E-state index contributed by atoms with van der Waals surface area (Å²) in [5.74, 6) is -0.346. The highest BCUT2D eigenvalue weighted by atomic mass is 79.9. The van der Waals surface area contributed by atoms with Gasteiger partial charge in [0.2, 0.25) is 5.91 Å². The van der Waals surface area contributed by atoms with Crippen molar-refractivity contribution in [1.82, 2.24) is 5.32 Å². The fourth-order valence-electron chi connectivity index (χ4n) is 1.77. The van der Waals surface area contributed by atoms with E-state index in [4.69, 9.17) is 5.11 Å². The van der Waals surface area contributed by atoms with E-state index in [0.717, 1.165) is 10.9 Å². The van der Waals surface area contributed by atoms with Gasteiger partial charge in [-0.1, -0.05) is 28.9 Å². The van der Waals surface area contributed by atoms with Gasteiger partial charge in [0.05, 0.1) is 12.5 Å². The van der Waals surface area contributed by atoms with Crippen LogP contribution in [-0.2, 0) is 11.2 Å². The summed E-state index contributed by atoms with van der Waals surface area (Å²) in [7, 11) is 0. The molecule has 4 heteroatoms. The van der Waals surface area contributed by atoms with Crippen LogP contribution in [0.25, 0.3) is 0 Å². The quantitative estimate of drug-likeness (QED) is 0.847. The lowest BCUT2D eigenvalue weighted by Gasteiger charge is -2.12. The van der Waals surface area contributed by atoms with Crippen molar-refractivity contribution in [3.63, 3.8) is 0 Å². The molecule has 1 rings (SSSR count). The van der Waals surface area contributed by atoms with Gasteiger partial charge in [-0.15, -0.1) is 0 Å². The Bertz CT molecular complexity index is 403. The fraction of sp³-hybridized carbons (Fsp3) is 0.500. The third-order valence-corrected chi connectivity index (χ3v) is 3.58. The third-order valence-electron chi connectivity index (χ3n) is 3.09. The molecule has 0 spiro atoms. The molecule has 1 aromatic rings. The summed E-state index contributed by atoms with van der Waals surface area (Å²) < 4.78 is 1.05. The molecule has 0 saturated carbocycles. The van der Waals surface area contributed by atoms with Crippen molar-refractivity contribution < 1.29 is 9.90 Å². The number of carbonyl (C=O) groups is 1. The normalized spacial score (nSPS) is 12.2. The molecule has 0 aliphatic carbocycles. The zero-order chi connectivity index (χ0) is 13.5. The molecule has 3 nitrogen and oxygen atoms in total. The maximum Gasteiger partial charge on any atom is 0.225 e. The maximum atomic E-state index is 11.7. The molecular weight excluding hydrogens is 294 g/mol. The van der Waals surface area contributed by atoms with E-state index in [1.54, 1.807) is 0 Å². The second kappa shape index (κ2) is 7.54. The van der Waals surface area contributed by atoms with E-state index in [2.05, 4.69) is 40.3 Å². The molecular formula is C14H20BrNO2. The highest BCUT2D eigenvalue weighted by Crippen LogP contribution is 2.16. The zero-order valence-electron chi connectivity index (χ0n) is 10.9. The Kier molecular flexibility index (Phi) is 6.36. The molecule has 18 heavy (non-hydrogen) atoms. The number of nitrogens with one attached hydrogen (secondary N) is 1. The molecule has 1 unspecified atom stereocenters. The monoisotopic (exact) mass is 313 g/mol. The number of aliphatic hydroxyl groups excluding tert-OH is 1. The first-order valence-corrected chi connectivity index (χ1v) is 7.01. The Hall–Kier alpha value is -0.870. The molecule has 1 aromatic carbocycles. The molecule has 2 N–H and O–H groups in total. The van der Waals surface area contributed by atoms with E-state index >= 15 is 0 Å². The molecule has 0 heterocycles. The van der Waals surface area contributed by atoms with Crippen LogP contribution in [0.3, 0.4) is 0 Å². The van der Waals surface area contributed by atoms with E-state index < -0.39 is 0 Å². The second-order valence-electron chi connectivity index (χ2n) is 4.40. The van der Waals surface area contributed by atoms with E-state index in [0.29, 0.717) is 13.0 Å². The molecule has 100 valence electrons. The first kappa shape index (κ1) is 15.2. The van der Waals surface area contributed by atoms with Gasteiger partial charge < -0.3 is 10.4 Å². The lowest BCUT2D eigenvalue weighted by Crippen LogP contribution is -2.33. The first-order chi connectivity index (χ1) is 8.58. The predicted octanol–water partition coefficient (Wildman–Crippen LogP) is 2.43. The van der Waals surface area contributed by atoms with Crippen molar-refractivity contribution in [3.8, 4) is 0 Å². The summed E-state index contributed by atoms with van der Waals surface area (Å²) in [5.41, 5.74) is 2.45. The SMILES string of the molecule is CCC(CO)C(=O)NCCc1cc(Br)ccc1C. The van der Waals surface area contributed by atoms with E-state index in [-0.39, 0.29) is 18.4 Å². The summed E-state index contributed by atoms with van der Waals surface area (Å²) in [6, 6.07) is 6.14. The van der Waals surface area contributed by atoms with Crippen molar-refractivity contribution in [3.05, 3.63) is 33.8 Å². The van der Waals surface area contributed by atoms with Gasteiger partial charge in [0, 0.05) is 11.0 Å². The Morgan fingerprint density at radius 3 is 2.83 bits per heavy atom. The minimum Gasteiger partial charge on any atom is -0.396 e. The standard InChI is InChI=1S/C14H20BrNO2/c1-3-11(9-17)14(18)16-7-6-12-8-13(15)5-4-10(12)2/h4-5,8,11,17H,3,6-7,9H2,1-2H3,(H,16,18). The van der Waals surface area contributed by atoms with E-state index in [9.17, 15) is 4.79 Å². The minimum atomic E-state index is -0.284. The maximum absolute atomic E-state index is 11.7. The fourth-order valence-corrected chi connectivity index (χ4v) is 2.18. The van der Waals surface area contributed by atoms with Crippen molar-refractivity contribution >= 4 is 21.8 Å².